The minimum atomic E-state index is 0.490. The molecule has 2 heteroatoms. The number of nitrogens with zero attached hydrogens (tertiary/aromatic N) is 1. The number of hydrogen-bond acceptors (Lipinski definition) is 2. The Balaban J connectivity index is 1.97. The second-order valence-corrected chi connectivity index (χ2v) is 5.56. The summed E-state index contributed by atoms with van der Waals surface area (Å²) in [6.45, 7) is 6.51. The standard InChI is InChI=1S/C16H26N2/c1-14-6-8-15(9-7-14)16(12-17)13-18-10-4-2-3-5-11-18/h6-9,16H,2-5,10-13,17H2,1H3. The maximum absolute atomic E-state index is 5.97. The Hall–Kier alpha value is -0.860. The highest BCUT2D eigenvalue weighted by atomic mass is 15.1. The fourth-order valence-electron chi connectivity index (χ4n) is 2.79. The van der Waals surface area contributed by atoms with Crippen LogP contribution in [0.25, 0.3) is 0 Å². The molecule has 2 nitrogen and oxygen atoms in total. The zero-order valence-electron chi connectivity index (χ0n) is 11.6. The fourth-order valence-corrected chi connectivity index (χ4v) is 2.79. The van der Waals surface area contributed by atoms with Gasteiger partial charge < -0.3 is 10.6 Å². The Labute approximate surface area is 111 Å². The Morgan fingerprint density at radius 1 is 1.06 bits per heavy atom. The molecule has 0 aliphatic carbocycles. The molecule has 1 fully saturated rings. The highest BCUT2D eigenvalue weighted by molar-refractivity contribution is 5.25. The van der Waals surface area contributed by atoms with Crippen LogP contribution in [0.4, 0.5) is 0 Å². The molecule has 0 radical (unpaired) electrons. The second kappa shape index (κ2) is 6.91. The molecule has 1 aliphatic heterocycles. The average molecular weight is 246 g/mol. The molecule has 0 spiro atoms. The molecular formula is C16H26N2. The van der Waals surface area contributed by atoms with Crippen LogP contribution in [0, 0.1) is 6.92 Å². The summed E-state index contributed by atoms with van der Waals surface area (Å²) in [5.41, 5.74) is 8.69. The first kappa shape index (κ1) is 13.6. The molecule has 1 heterocycles. The Kier molecular flexibility index (Phi) is 5.21. The van der Waals surface area contributed by atoms with Crippen molar-refractivity contribution in [3.05, 3.63) is 35.4 Å². The lowest BCUT2D eigenvalue weighted by molar-refractivity contribution is 0.267. The van der Waals surface area contributed by atoms with E-state index in [1.165, 1.54) is 49.9 Å². The molecule has 1 atom stereocenters. The van der Waals surface area contributed by atoms with Gasteiger partial charge in [0.2, 0.25) is 0 Å². The van der Waals surface area contributed by atoms with E-state index in [4.69, 9.17) is 5.73 Å². The maximum atomic E-state index is 5.97. The van der Waals surface area contributed by atoms with Gasteiger partial charge in [-0.1, -0.05) is 42.7 Å². The van der Waals surface area contributed by atoms with Crippen LogP contribution in [-0.2, 0) is 0 Å². The molecule has 0 amide bonds. The van der Waals surface area contributed by atoms with Crippen LogP contribution in [0.5, 0.6) is 0 Å². The predicted octanol–water partition coefficient (Wildman–Crippen LogP) is 2.91. The van der Waals surface area contributed by atoms with Crippen LogP contribution in [-0.4, -0.2) is 31.1 Å². The largest absolute Gasteiger partial charge is 0.330 e. The van der Waals surface area contributed by atoms with Gasteiger partial charge in [-0.25, -0.2) is 0 Å². The number of benzene rings is 1. The molecule has 100 valence electrons. The van der Waals surface area contributed by atoms with Gasteiger partial charge in [0.15, 0.2) is 0 Å². The summed E-state index contributed by atoms with van der Waals surface area (Å²) in [5, 5.41) is 0. The van der Waals surface area contributed by atoms with Crippen molar-refractivity contribution < 1.29 is 0 Å². The summed E-state index contributed by atoms with van der Waals surface area (Å²) in [5.74, 6) is 0.490. The van der Waals surface area contributed by atoms with Gasteiger partial charge in [-0.2, -0.15) is 0 Å². The number of nitrogens with two attached hydrogens (primary N) is 1. The molecule has 0 bridgehead atoms. The Bertz CT molecular complexity index is 337. The second-order valence-electron chi connectivity index (χ2n) is 5.56. The molecule has 1 aliphatic rings. The minimum absolute atomic E-state index is 0.490. The molecule has 0 saturated carbocycles. The minimum Gasteiger partial charge on any atom is -0.330 e. The lowest BCUT2D eigenvalue weighted by Gasteiger charge is -2.25. The highest BCUT2D eigenvalue weighted by Crippen LogP contribution is 2.19. The predicted molar refractivity (Wildman–Crippen MR) is 77.9 cm³/mol. The van der Waals surface area contributed by atoms with E-state index in [1.807, 2.05) is 0 Å². The third-order valence-electron chi connectivity index (χ3n) is 4.01. The van der Waals surface area contributed by atoms with Crippen molar-refractivity contribution in [3.8, 4) is 0 Å². The summed E-state index contributed by atoms with van der Waals surface area (Å²) >= 11 is 0. The van der Waals surface area contributed by atoms with Gasteiger partial charge in [0.25, 0.3) is 0 Å². The van der Waals surface area contributed by atoms with Gasteiger partial charge in [-0.15, -0.1) is 0 Å². The van der Waals surface area contributed by atoms with Gasteiger partial charge >= 0.3 is 0 Å². The lowest BCUT2D eigenvalue weighted by atomic mass is 9.97. The van der Waals surface area contributed by atoms with E-state index in [-0.39, 0.29) is 0 Å². The van der Waals surface area contributed by atoms with Crippen molar-refractivity contribution in [2.45, 2.75) is 38.5 Å². The zero-order chi connectivity index (χ0) is 12.8. The van der Waals surface area contributed by atoms with Gasteiger partial charge in [0, 0.05) is 19.0 Å². The summed E-state index contributed by atoms with van der Waals surface area (Å²) in [7, 11) is 0. The molecule has 1 unspecified atom stereocenters. The third-order valence-corrected chi connectivity index (χ3v) is 4.01. The topological polar surface area (TPSA) is 29.3 Å². The monoisotopic (exact) mass is 246 g/mol. The molecular weight excluding hydrogens is 220 g/mol. The first-order valence-corrected chi connectivity index (χ1v) is 7.28. The van der Waals surface area contributed by atoms with Crippen molar-refractivity contribution >= 4 is 0 Å². The van der Waals surface area contributed by atoms with Crippen molar-refractivity contribution in [1.29, 1.82) is 0 Å². The lowest BCUT2D eigenvalue weighted by Crippen LogP contribution is -2.32. The summed E-state index contributed by atoms with van der Waals surface area (Å²) in [4.78, 5) is 2.60. The third kappa shape index (κ3) is 3.82. The summed E-state index contributed by atoms with van der Waals surface area (Å²) in [6.07, 6.45) is 5.50. The molecule has 2 rings (SSSR count). The van der Waals surface area contributed by atoms with Gasteiger partial charge in [-0.05, 0) is 38.4 Å². The summed E-state index contributed by atoms with van der Waals surface area (Å²) < 4.78 is 0. The van der Waals surface area contributed by atoms with E-state index >= 15 is 0 Å². The maximum Gasteiger partial charge on any atom is 0.00888 e. The van der Waals surface area contributed by atoms with E-state index in [2.05, 4.69) is 36.1 Å². The number of aryl methyl sites for hydroxylation is 1. The van der Waals surface area contributed by atoms with E-state index in [0.717, 1.165) is 13.1 Å². The molecule has 0 aromatic heterocycles. The first-order chi connectivity index (χ1) is 8.79. The smallest absolute Gasteiger partial charge is 0.00888 e. The van der Waals surface area contributed by atoms with Crippen molar-refractivity contribution in [1.82, 2.24) is 4.90 Å². The van der Waals surface area contributed by atoms with Crippen LogP contribution in [0.1, 0.15) is 42.7 Å². The van der Waals surface area contributed by atoms with Crippen LogP contribution in [0.2, 0.25) is 0 Å². The molecule has 1 aromatic carbocycles. The number of hydrogen-bond donors (Lipinski definition) is 1. The summed E-state index contributed by atoms with van der Waals surface area (Å²) in [6, 6.07) is 8.87. The molecule has 2 N–H and O–H groups in total. The Morgan fingerprint density at radius 3 is 2.22 bits per heavy atom. The Morgan fingerprint density at radius 2 is 1.67 bits per heavy atom. The normalized spacial score (nSPS) is 19.4. The quantitative estimate of drug-likeness (QED) is 0.885. The number of rotatable bonds is 4. The van der Waals surface area contributed by atoms with E-state index in [0.29, 0.717) is 5.92 Å². The fraction of sp³-hybridized carbons (Fsp3) is 0.625. The molecule has 1 aromatic rings. The van der Waals surface area contributed by atoms with Crippen molar-refractivity contribution in [3.63, 3.8) is 0 Å². The van der Waals surface area contributed by atoms with Crippen LogP contribution in [0.15, 0.2) is 24.3 Å². The van der Waals surface area contributed by atoms with Crippen LogP contribution in [0.3, 0.4) is 0 Å². The van der Waals surface area contributed by atoms with Crippen LogP contribution < -0.4 is 5.73 Å². The first-order valence-electron chi connectivity index (χ1n) is 7.28. The van der Waals surface area contributed by atoms with E-state index in [1.54, 1.807) is 0 Å². The van der Waals surface area contributed by atoms with Gasteiger partial charge in [-0.3, -0.25) is 0 Å². The molecule has 1 saturated heterocycles. The SMILES string of the molecule is Cc1ccc(C(CN)CN2CCCCCC2)cc1. The number of likely N-dealkylation sites (tertiary alicyclic amines) is 1. The van der Waals surface area contributed by atoms with Crippen molar-refractivity contribution in [2.75, 3.05) is 26.2 Å². The zero-order valence-corrected chi connectivity index (χ0v) is 11.6. The van der Waals surface area contributed by atoms with E-state index in [9.17, 15) is 0 Å². The van der Waals surface area contributed by atoms with Gasteiger partial charge in [0.1, 0.15) is 0 Å². The van der Waals surface area contributed by atoms with Crippen molar-refractivity contribution in [2.24, 2.45) is 5.73 Å². The molecule has 18 heavy (non-hydrogen) atoms. The highest BCUT2D eigenvalue weighted by Gasteiger charge is 2.16. The average Bonchev–Trinajstić information content (AvgIpc) is 2.66. The van der Waals surface area contributed by atoms with Gasteiger partial charge in [0.05, 0.1) is 0 Å². The van der Waals surface area contributed by atoms with E-state index < -0.39 is 0 Å². The van der Waals surface area contributed by atoms with Crippen LogP contribution >= 0.6 is 0 Å².